The topological polar surface area (TPSA) is 162 Å². The number of hydrogen-bond acceptors (Lipinski definition) is 7. The Morgan fingerprint density at radius 2 is 1.03 bits per heavy atom. The molecule has 12 heteroatoms. The Balaban J connectivity index is 1.44. The van der Waals surface area contributed by atoms with Crippen LogP contribution in [0, 0.1) is 20.2 Å². The van der Waals surface area contributed by atoms with Crippen LogP contribution in [0.5, 0.6) is 0 Å². The zero-order valence-corrected chi connectivity index (χ0v) is 20.5. The van der Waals surface area contributed by atoms with Gasteiger partial charge in [-0.3, -0.25) is 34.6 Å². The molecule has 0 bridgehead atoms. The Labute approximate surface area is 225 Å². The van der Waals surface area contributed by atoms with Crippen LogP contribution in [-0.4, -0.2) is 27.4 Å². The van der Waals surface area contributed by atoms with Crippen LogP contribution < -0.4 is 10.6 Å². The third-order valence-corrected chi connectivity index (χ3v) is 5.89. The van der Waals surface area contributed by atoms with Crippen LogP contribution in [0.2, 0.25) is 5.02 Å². The van der Waals surface area contributed by atoms with E-state index in [1.807, 2.05) is 0 Å². The number of hydrogen-bond donors (Lipinski definition) is 2. The van der Waals surface area contributed by atoms with Crippen molar-refractivity contribution in [3.63, 3.8) is 0 Å². The number of ketones is 1. The van der Waals surface area contributed by atoms with E-state index in [0.717, 1.165) is 0 Å². The number of halogens is 1. The molecule has 0 atom stereocenters. The molecule has 2 N–H and O–H groups in total. The Morgan fingerprint density at radius 1 is 0.590 bits per heavy atom. The second kappa shape index (κ2) is 11.3. The van der Waals surface area contributed by atoms with Crippen LogP contribution in [0.25, 0.3) is 0 Å². The highest BCUT2D eigenvalue weighted by atomic mass is 35.5. The van der Waals surface area contributed by atoms with Gasteiger partial charge in [0.25, 0.3) is 23.2 Å². The lowest BCUT2D eigenvalue weighted by Crippen LogP contribution is -2.13. The van der Waals surface area contributed by atoms with Crippen LogP contribution in [-0.2, 0) is 0 Å². The van der Waals surface area contributed by atoms with E-state index in [4.69, 9.17) is 11.6 Å². The summed E-state index contributed by atoms with van der Waals surface area (Å²) in [6.07, 6.45) is 0. The molecule has 0 spiro atoms. The van der Waals surface area contributed by atoms with Crippen LogP contribution >= 0.6 is 11.6 Å². The predicted octanol–water partition coefficient (Wildman–Crippen LogP) is 5.89. The molecule has 4 aromatic carbocycles. The third kappa shape index (κ3) is 6.29. The number of nitrogens with one attached hydrogen (secondary N) is 2. The van der Waals surface area contributed by atoms with Crippen molar-refractivity contribution in [1.29, 1.82) is 0 Å². The number of carbonyl (C=O) groups excluding carboxylic acids is 3. The van der Waals surface area contributed by atoms with E-state index < -0.39 is 21.7 Å². The van der Waals surface area contributed by atoms with Gasteiger partial charge in [0.1, 0.15) is 0 Å². The number of non-ortho nitro benzene ring substituents is 2. The number of amides is 2. The number of anilines is 2. The maximum absolute atomic E-state index is 13.0. The fourth-order valence-electron chi connectivity index (χ4n) is 3.50. The highest BCUT2D eigenvalue weighted by Gasteiger charge is 2.16. The summed E-state index contributed by atoms with van der Waals surface area (Å²) < 4.78 is 0. The highest BCUT2D eigenvalue weighted by Crippen LogP contribution is 2.26. The minimum absolute atomic E-state index is 0.134. The molecular formula is C27H17ClN4O7. The fourth-order valence-corrected chi connectivity index (χ4v) is 3.67. The molecule has 0 saturated heterocycles. The Hall–Kier alpha value is -5.42. The highest BCUT2D eigenvalue weighted by molar-refractivity contribution is 6.34. The van der Waals surface area contributed by atoms with E-state index >= 15 is 0 Å². The van der Waals surface area contributed by atoms with E-state index in [1.165, 1.54) is 91.0 Å². The Kier molecular flexibility index (Phi) is 7.73. The van der Waals surface area contributed by atoms with Gasteiger partial charge in [-0.2, -0.15) is 0 Å². The van der Waals surface area contributed by atoms with E-state index in [1.54, 1.807) is 0 Å². The van der Waals surface area contributed by atoms with Crippen molar-refractivity contribution in [3.8, 4) is 0 Å². The van der Waals surface area contributed by atoms with Gasteiger partial charge >= 0.3 is 0 Å². The summed E-state index contributed by atoms with van der Waals surface area (Å²) >= 11 is 6.20. The van der Waals surface area contributed by atoms with Crippen LogP contribution in [0.4, 0.5) is 22.7 Å². The average molecular weight is 545 g/mol. The van der Waals surface area contributed by atoms with E-state index in [-0.39, 0.29) is 44.6 Å². The van der Waals surface area contributed by atoms with Gasteiger partial charge < -0.3 is 10.6 Å². The summed E-state index contributed by atoms with van der Waals surface area (Å²) in [6, 6.07) is 20.6. The molecule has 0 aliphatic rings. The summed E-state index contributed by atoms with van der Waals surface area (Å²) in [5.41, 5.74) is 1.23. The normalized spacial score (nSPS) is 10.4. The van der Waals surface area contributed by atoms with E-state index in [2.05, 4.69) is 10.6 Å². The zero-order valence-electron chi connectivity index (χ0n) is 19.8. The lowest BCUT2D eigenvalue weighted by atomic mass is 10.0. The number of nitro groups is 2. The summed E-state index contributed by atoms with van der Waals surface area (Å²) in [4.78, 5) is 58.5. The van der Waals surface area contributed by atoms with Crippen molar-refractivity contribution >= 4 is 51.9 Å². The first-order valence-electron chi connectivity index (χ1n) is 11.2. The van der Waals surface area contributed by atoms with Gasteiger partial charge in [-0.1, -0.05) is 11.6 Å². The number of carbonyl (C=O) groups is 3. The Morgan fingerprint density at radius 3 is 1.51 bits per heavy atom. The lowest BCUT2D eigenvalue weighted by molar-refractivity contribution is -0.385. The zero-order chi connectivity index (χ0) is 28.1. The predicted molar refractivity (Wildman–Crippen MR) is 143 cm³/mol. The maximum atomic E-state index is 13.0. The van der Waals surface area contributed by atoms with Crippen LogP contribution in [0.3, 0.4) is 0 Å². The van der Waals surface area contributed by atoms with Gasteiger partial charge in [-0.25, -0.2) is 0 Å². The lowest BCUT2D eigenvalue weighted by Gasteiger charge is -2.10. The molecule has 0 aromatic heterocycles. The van der Waals surface area contributed by atoms with Gasteiger partial charge in [0.05, 0.1) is 20.6 Å². The molecule has 0 aliphatic carbocycles. The van der Waals surface area contributed by atoms with Crippen molar-refractivity contribution in [3.05, 3.63) is 139 Å². The molecule has 39 heavy (non-hydrogen) atoms. The number of benzene rings is 4. The third-order valence-electron chi connectivity index (χ3n) is 5.56. The quantitative estimate of drug-likeness (QED) is 0.159. The second-order valence-electron chi connectivity index (χ2n) is 8.12. The molecule has 0 radical (unpaired) electrons. The summed E-state index contributed by atoms with van der Waals surface area (Å²) in [5.74, 6) is -1.41. The summed E-state index contributed by atoms with van der Waals surface area (Å²) in [7, 11) is 0. The smallest absolute Gasteiger partial charge is 0.269 e. The molecule has 4 rings (SSSR count). The molecule has 0 aliphatic heterocycles. The first kappa shape index (κ1) is 26.6. The average Bonchev–Trinajstić information content (AvgIpc) is 2.94. The van der Waals surface area contributed by atoms with E-state index in [9.17, 15) is 34.6 Å². The molecule has 0 unspecified atom stereocenters. The first-order valence-corrected chi connectivity index (χ1v) is 11.6. The van der Waals surface area contributed by atoms with E-state index in [0.29, 0.717) is 11.3 Å². The summed E-state index contributed by atoms with van der Waals surface area (Å²) in [6.45, 7) is 0. The SMILES string of the molecule is O=C(Nc1ccc(C(=O)c2ccc(Cl)c(NC(=O)c3ccc([N+](=O)[O-])cc3)c2)cc1)c1ccc([N+](=O)[O-])cc1. The largest absolute Gasteiger partial charge is 0.322 e. The van der Waals surface area contributed by atoms with Crippen LogP contribution in [0.1, 0.15) is 36.6 Å². The van der Waals surface area contributed by atoms with Crippen molar-refractivity contribution in [2.24, 2.45) is 0 Å². The van der Waals surface area contributed by atoms with Gasteiger partial charge in [0.2, 0.25) is 0 Å². The minimum atomic E-state index is -0.576. The van der Waals surface area contributed by atoms with Gasteiger partial charge in [0, 0.05) is 52.2 Å². The number of nitrogens with zero attached hydrogens (tertiary/aromatic N) is 2. The number of rotatable bonds is 8. The second-order valence-corrected chi connectivity index (χ2v) is 8.52. The standard InChI is InChI=1S/C27H17ClN4O7/c28-23-14-7-19(15-24(23)30-27(35)18-5-12-22(13-6-18)32(38)39)25(33)16-1-8-20(9-2-16)29-26(34)17-3-10-21(11-4-17)31(36)37/h1-15H,(H,29,34)(H,30,35). The molecular weight excluding hydrogens is 528 g/mol. The molecule has 11 nitrogen and oxygen atoms in total. The summed E-state index contributed by atoms with van der Waals surface area (Å²) in [5, 5.41) is 27.0. The first-order chi connectivity index (χ1) is 18.6. The van der Waals surface area contributed by atoms with Crippen molar-refractivity contribution in [2.45, 2.75) is 0 Å². The minimum Gasteiger partial charge on any atom is -0.322 e. The van der Waals surface area contributed by atoms with Gasteiger partial charge in [0.15, 0.2) is 5.78 Å². The van der Waals surface area contributed by atoms with Gasteiger partial charge in [-0.05, 0) is 66.7 Å². The molecule has 0 heterocycles. The molecule has 4 aromatic rings. The van der Waals surface area contributed by atoms with Crippen LogP contribution in [0.15, 0.2) is 91.0 Å². The monoisotopic (exact) mass is 544 g/mol. The molecule has 194 valence electrons. The molecule has 0 saturated carbocycles. The molecule has 0 fully saturated rings. The fraction of sp³-hybridized carbons (Fsp3) is 0. The van der Waals surface area contributed by atoms with Crippen molar-refractivity contribution in [2.75, 3.05) is 10.6 Å². The van der Waals surface area contributed by atoms with Crippen molar-refractivity contribution in [1.82, 2.24) is 0 Å². The molecule has 2 amide bonds. The van der Waals surface area contributed by atoms with Crippen molar-refractivity contribution < 1.29 is 24.2 Å². The maximum Gasteiger partial charge on any atom is 0.269 e. The Bertz CT molecular complexity index is 1600. The van der Waals surface area contributed by atoms with Gasteiger partial charge in [-0.15, -0.1) is 0 Å². The number of nitro benzene ring substituents is 2.